The molecule has 0 saturated carbocycles. The summed E-state index contributed by atoms with van der Waals surface area (Å²) in [6.07, 6.45) is 4.31. The average Bonchev–Trinajstić information content (AvgIpc) is 2.27. The molecule has 0 aromatic rings. The minimum Gasteiger partial charge on any atom is -0.381 e. The van der Waals surface area contributed by atoms with Gasteiger partial charge in [0.25, 0.3) is 0 Å². The van der Waals surface area contributed by atoms with Gasteiger partial charge in [-0.15, -0.1) is 0 Å². The molecule has 0 bridgehead atoms. The molecule has 0 fully saturated rings. The van der Waals surface area contributed by atoms with Crippen molar-refractivity contribution in [1.29, 1.82) is 0 Å². The van der Waals surface area contributed by atoms with Gasteiger partial charge in [-0.2, -0.15) is 0 Å². The summed E-state index contributed by atoms with van der Waals surface area (Å²) in [5, 5.41) is 0. The van der Waals surface area contributed by atoms with E-state index in [1.807, 2.05) is 0 Å². The van der Waals surface area contributed by atoms with E-state index in [0.29, 0.717) is 5.41 Å². The highest BCUT2D eigenvalue weighted by molar-refractivity contribution is 4.60. The molecule has 0 unspecified atom stereocenters. The van der Waals surface area contributed by atoms with Gasteiger partial charge in [-0.3, -0.25) is 0 Å². The summed E-state index contributed by atoms with van der Waals surface area (Å²) in [5.74, 6) is 0. The summed E-state index contributed by atoms with van der Waals surface area (Å²) in [4.78, 5) is 0. The van der Waals surface area contributed by atoms with Crippen LogP contribution in [0.2, 0.25) is 0 Å². The van der Waals surface area contributed by atoms with E-state index in [2.05, 4.69) is 41.5 Å². The maximum atomic E-state index is 5.62. The van der Waals surface area contributed by atoms with Crippen LogP contribution in [-0.2, 0) is 14.2 Å². The van der Waals surface area contributed by atoms with Crippen molar-refractivity contribution in [3.8, 4) is 0 Å². The molecule has 0 saturated heterocycles. The molecule has 0 rings (SSSR count). The second-order valence-electron chi connectivity index (χ2n) is 7.56. The molecular weight excluding hydrogens is 252 g/mol. The molecular formula is C17H36O3. The van der Waals surface area contributed by atoms with Gasteiger partial charge in [0, 0.05) is 33.0 Å². The van der Waals surface area contributed by atoms with Crippen molar-refractivity contribution in [1.82, 2.24) is 0 Å². The van der Waals surface area contributed by atoms with Gasteiger partial charge in [-0.1, -0.05) is 20.8 Å². The van der Waals surface area contributed by atoms with E-state index in [0.717, 1.165) is 52.3 Å². The molecule has 0 aliphatic carbocycles. The van der Waals surface area contributed by atoms with Gasteiger partial charge >= 0.3 is 0 Å². The van der Waals surface area contributed by atoms with Crippen LogP contribution in [-0.4, -0.2) is 38.6 Å². The van der Waals surface area contributed by atoms with Gasteiger partial charge in [-0.05, 0) is 51.9 Å². The van der Waals surface area contributed by atoms with E-state index in [1.165, 1.54) is 6.42 Å². The smallest absolute Gasteiger partial charge is 0.0598 e. The molecule has 122 valence electrons. The molecule has 3 nitrogen and oxygen atoms in total. The molecule has 0 spiro atoms. The topological polar surface area (TPSA) is 27.7 Å². The lowest BCUT2D eigenvalue weighted by atomic mass is 9.91. The van der Waals surface area contributed by atoms with E-state index >= 15 is 0 Å². The molecule has 0 aromatic carbocycles. The zero-order valence-corrected chi connectivity index (χ0v) is 14.6. The fourth-order valence-electron chi connectivity index (χ4n) is 1.71. The van der Waals surface area contributed by atoms with Gasteiger partial charge in [-0.25, -0.2) is 0 Å². The Balaban J connectivity index is 3.10. The predicted octanol–water partition coefficient (Wildman–Crippen LogP) is 4.44. The van der Waals surface area contributed by atoms with E-state index in [4.69, 9.17) is 14.2 Å². The first-order valence-corrected chi connectivity index (χ1v) is 8.00. The minimum absolute atomic E-state index is 0.0408. The monoisotopic (exact) mass is 288 g/mol. The highest BCUT2D eigenvalue weighted by Gasteiger charge is 2.09. The molecule has 3 heteroatoms. The van der Waals surface area contributed by atoms with Crippen LogP contribution < -0.4 is 0 Å². The average molecular weight is 288 g/mol. The minimum atomic E-state index is -0.0408. The van der Waals surface area contributed by atoms with E-state index in [9.17, 15) is 0 Å². The summed E-state index contributed by atoms with van der Waals surface area (Å²) in [6.45, 7) is 17.0. The Kier molecular flexibility index (Phi) is 10.5. The van der Waals surface area contributed by atoms with Gasteiger partial charge in [0.05, 0.1) is 5.60 Å². The lowest BCUT2D eigenvalue weighted by molar-refractivity contribution is -0.0149. The zero-order chi connectivity index (χ0) is 15.5. The van der Waals surface area contributed by atoms with Crippen LogP contribution in [0.25, 0.3) is 0 Å². The first kappa shape index (κ1) is 19.9. The van der Waals surface area contributed by atoms with Gasteiger partial charge in [0.15, 0.2) is 0 Å². The van der Waals surface area contributed by atoms with Gasteiger partial charge in [0.2, 0.25) is 0 Å². The standard InChI is InChI=1S/C17H36O3/c1-16(2,3)10-7-11-18-12-8-13-19-14-9-15-20-17(4,5)6/h7-15H2,1-6H3. The molecule has 0 atom stereocenters. The summed E-state index contributed by atoms with van der Waals surface area (Å²) >= 11 is 0. The zero-order valence-electron chi connectivity index (χ0n) is 14.6. The Labute approximate surface area is 126 Å². The Hall–Kier alpha value is -0.120. The summed E-state index contributed by atoms with van der Waals surface area (Å²) < 4.78 is 16.8. The van der Waals surface area contributed by atoms with Crippen LogP contribution in [0, 0.1) is 5.41 Å². The molecule has 0 N–H and O–H groups in total. The van der Waals surface area contributed by atoms with Crippen LogP contribution in [0.3, 0.4) is 0 Å². The Morgan fingerprint density at radius 3 is 1.50 bits per heavy atom. The van der Waals surface area contributed by atoms with Crippen molar-refractivity contribution in [3.05, 3.63) is 0 Å². The number of ether oxygens (including phenoxy) is 3. The first-order chi connectivity index (χ1) is 9.21. The SMILES string of the molecule is CC(C)(C)CCCOCCCOCCCOC(C)(C)C. The Bertz CT molecular complexity index is 189. The third kappa shape index (κ3) is 17.9. The lowest BCUT2D eigenvalue weighted by Gasteiger charge is -2.19. The summed E-state index contributed by atoms with van der Waals surface area (Å²) in [7, 11) is 0. The quantitative estimate of drug-likeness (QED) is 0.526. The van der Waals surface area contributed by atoms with Crippen LogP contribution in [0.5, 0.6) is 0 Å². The number of hydrogen-bond donors (Lipinski definition) is 0. The highest BCUT2D eigenvalue weighted by atomic mass is 16.5. The second kappa shape index (κ2) is 10.6. The predicted molar refractivity (Wildman–Crippen MR) is 85.3 cm³/mol. The van der Waals surface area contributed by atoms with Crippen LogP contribution in [0.15, 0.2) is 0 Å². The number of rotatable bonds is 11. The van der Waals surface area contributed by atoms with Crippen molar-refractivity contribution < 1.29 is 14.2 Å². The molecule has 20 heavy (non-hydrogen) atoms. The maximum Gasteiger partial charge on any atom is 0.0598 e. The molecule has 0 aliphatic rings. The third-order valence-corrected chi connectivity index (χ3v) is 2.76. The van der Waals surface area contributed by atoms with E-state index < -0.39 is 0 Å². The first-order valence-electron chi connectivity index (χ1n) is 8.00. The highest BCUT2D eigenvalue weighted by Crippen LogP contribution is 2.20. The fourth-order valence-corrected chi connectivity index (χ4v) is 1.71. The Morgan fingerprint density at radius 2 is 1.05 bits per heavy atom. The lowest BCUT2D eigenvalue weighted by Crippen LogP contribution is -2.20. The normalized spacial score (nSPS) is 12.9. The Morgan fingerprint density at radius 1 is 0.600 bits per heavy atom. The molecule has 0 aromatic heterocycles. The van der Waals surface area contributed by atoms with Crippen LogP contribution in [0.4, 0.5) is 0 Å². The maximum absolute atomic E-state index is 5.62. The van der Waals surface area contributed by atoms with Crippen molar-refractivity contribution in [2.75, 3.05) is 33.0 Å². The largest absolute Gasteiger partial charge is 0.381 e. The van der Waals surface area contributed by atoms with Crippen molar-refractivity contribution in [2.24, 2.45) is 5.41 Å². The molecule has 0 amide bonds. The summed E-state index contributed by atoms with van der Waals surface area (Å²) in [6, 6.07) is 0. The van der Waals surface area contributed by atoms with Crippen molar-refractivity contribution >= 4 is 0 Å². The van der Waals surface area contributed by atoms with Crippen LogP contribution in [0.1, 0.15) is 67.2 Å². The van der Waals surface area contributed by atoms with E-state index in [1.54, 1.807) is 0 Å². The van der Waals surface area contributed by atoms with Crippen LogP contribution >= 0.6 is 0 Å². The van der Waals surface area contributed by atoms with Crippen molar-refractivity contribution in [2.45, 2.75) is 72.8 Å². The number of hydrogen-bond acceptors (Lipinski definition) is 3. The summed E-state index contributed by atoms with van der Waals surface area (Å²) in [5.41, 5.74) is 0.377. The van der Waals surface area contributed by atoms with Crippen molar-refractivity contribution in [3.63, 3.8) is 0 Å². The van der Waals surface area contributed by atoms with E-state index in [-0.39, 0.29) is 5.60 Å². The second-order valence-corrected chi connectivity index (χ2v) is 7.56. The molecule has 0 aliphatic heterocycles. The molecule has 0 radical (unpaired) electrons. The molecule has 0 heterocycles. The fraction of sp³-hybridized carbons (Fsp3) is 1.00. The van der Waals surface area contributed by atoms with Gasteiger partial charge < -0.3 is 14.2 Å². The van der Waals surface area contributed by atoms with Gasteiger partial charge in [0.1, 0.15) is 0 Å². The third-order valence-electron chi connectivity index (χ3n) is 2.76.